The molecular formula is C13H13BrN4O. The van der Waals surface area contributed by atoms with Crippen molar-refractivity contribution in [3.8, 4) is 0 Å². The van der Waals surface area contributed by atoms with Gasteiger partial charge in [-0.05, 0) is 18.2 Å². The molecule has 0 amide bonds. The first kappa shape index (κ1) is 12.2. The van der Waals surface area contributed by atoms with Crippen LogP contribution in [-0.4, -0.2) is 28.3 Å². The van der Waals surface area contributed by atoms with Crippen LogP contribution in [0.4, 0.5) is 0 Å². The fourth-order valence-corrected chi connectivity index (χ4v) is 2.68. The van der Waals surface area contributed by atoms with Gasteiger partial charge in [0.05, 0.1) is 17.2 Å². The Hall–Kier alpha value is -1.82. The van der Waals surface area contributed by atoms with E-state index in [1.54, 1.807) is 27.5 Å². The maximum atomic E-state index is 12.3. The monoisotopic (exact) mass is 320 g/mol. The van der Waals surface area contributed by atoms with E-state index in [0.717, 1.165) is 26.4 Å². The Morgan fingerprint density at radius 3 is 2.74 bits per heavy atom. The molecule has 2 heterocycles. The molecule has 0 aliphatic rings. The first-order valence-electron chi connectivity index (χ1n) is 5.84. The normalized spacial score (nSPS) is 11.4. The molecule has 0 atom stereocenters. The van der Waals surface area contributed by atoms with Gasteiger partial charge < -0.3 is 5.01 Å². The molecule has 0 aliphatic carbocycles. The number of aryl methyl sites for hydroxylation is 1. The van der Waals surface area contributed by atoms with Gasteiger partial charge in [0.25, 0.3) is 0 Å². The average Bonchev–Trinajstić information content (AvgIpc) is 2.62. The van der Waals surface area contributed by atoms with Gasteiger partial charge in [-0.3, -0.25) is 9.55 Å². The molecule has 19 heavy (non-hydrogen) atoms. The van der Waals surface area contributed by atoms with E-state index in [4.69, 9.17) is 0 Å². The molecule has 0 N–H and O–H groups in total. The highest BCUT2D eigenvalue weighted by Crippen LogP contribution is 2.25. The number of rotatable bonds is 1. The lowest BCUT2D eigenvalue weighted by molar-refractivity contribution is 0.692. The summed E-state index contributed by atoms with van der Waals surface area (Å²) in [6, 6.07) is 5.88. The molecule has 0 spiro atoms. The number of hydrogen-bond donors (Lipinski definition) is 0. The van der Waals surface area contributed by atoms with Crippen molar-refractivity contribution in [2.45, 2.75) is 0 Å². The van der Waals surface area contributed by atoms with Crippen LogP contribution in [0, 0.1) is 0 Å². The fourth-order valence-electron chi connectivity index (χ4n) is 2.32. The van der Waals surface area contributed by atoms with Crippen LogP contribution >= 0.6 is 15.9 Å². The lowest BCUT2D eigenvalue weighted by atomic mass is 10.2. The molecule has 3 aromatic rings. The minimum absolute atomic E-state index is 0.0747. The third-order valence-corrected chi connectivity index (χ3v) is 3.72. The highest BCUT2D eigenvalue weighted by molar-refractivity contribution is 9.10. The van der Waals surface area contributed by atoms with Crippen LogP contribution in [0.3, 0.4) is 0 Å². The molecule has 0 saturated carbocycles. The molecule has 0 aliphatic heterocycles. The highest BCUT2D eigenvalue weighted by Gasteiger charge is 2.15. The Kier molecular flexibility index (Phi) is 2.63. The summed E-state index contributed by atoms with van der Waals surface area (Å²) in [5.74, 6) is 0. The first-order valence-corrected chi connectivity index (χ1v) is 6.63. The van der Waals surface area contributed by atoms with Gasteiger partial charge >= 0.3 is 5.69 Å². The Balaban J connectivity index is 2.64. The molecule has 1 aromatic carbocycles. The summed E-state index contributed by atoms with van der Waals surface area (Å²) in [7, 11) is 5.46. The molecule has 3 rings (SSSR count). The van der Waals surface area contributed by atoms with Crippen molar-refractivity contribution in [3.05, 3.63) is 39.4 Å². The summed E-state index contributed by atoms with van der Waals surface area (Å²) >= 11 is 3.47. The zero-order chi connectivity index (χ0) is 13.7. The van der Waals surface area contributed by atoms with Crippen LogP contribution in [0.1, 0.15) is 0 Å². The summed E-state index contributed by atoms with van der Waals surface area (Å²) < 4.78 is 4.24. The van der Waals surface area contributed by atoms with Gasteiger partial charge in [-0.15, -0.1) is 0 Å². The summed E-state index contributed by atoms with van der Waals surface area (Å²) in [4.78, 5) is 16.7. The zero-order valence-electron chi connectivity index (χ0n) is 10.9. The first-order chi connectivity index (χ1) is 9.00. The van der Waals surface area contributed by atoms with Crippen LogP contribution in [0.2, 0.25) is 0 Å². The fraction of sp³-hybridized carbons (Fsp3) is 0.231. The smallest absolute Gasteiger partial charge is 0.314 e. The van der Waals surface area contributed by atoms with E-state index in [2.05, 4.69) is 20.9 Å². The molecule has 2 aromatic heterocycles. The van der Waals surface area contributed by atoms with Gasteiger partial charge in [0.2, 0.25) is 0 Å². The van der Waals surface area contributed by atoms with E-state index in [0.29, 0.717) is 0 Å². The molecule has 0 unspecified atom stereocenters. The van der Waals surface area contributed by atoms with Crippen molar-refractivity contribution < 1.29 is 0 Å². The summed E-state index contributed by atoms with van der Waals surface area (Å²) in [6.45, 7) is 0. The zero-order valence-corrected chi connectivity index (χ0v) is 12.5. The minimum Gasteiger partial charge on any atom is -0.314 e. The van der Waals surface area contributed by atoms with Gasteiger partial charge in [0.1, 0.15) is 5.52 Å². The predicted octanol–water partition coefficient (Wildman–Crippen LogP) is 1.85. The van der Waals surface area contributed by atoms with Crippen molar-refractivity contribution in [3.63, 3.8) is 0 Å². The van der Waals surface area contributed by atoms with Crippen LogP contribution in [0.25, 0.3) is 21.9 Å². The lowest BCUT2D eigenvalue weighted by Gasteiger charge is -2.14. The second-order valence-electron chi connectivity index (χ2n) is 4.65. The number of benzene rings is 1. The number of imidazole rings is 1. The Morgan fingerprint density at radius 2 is 2.05 bits per heavy atom. The minimum atomic E-state index is -0.0747. The summed E-state index contributed by atoms with van der Waals surface area (Å²) in [5, 5.41) is 2.74. The quantitative estimate of drug-likeness (QED) is 0.687. The van der Waals surface area contributed by atoms with E-state index in [9.17, 15) is 4.79 Å². The summed E-state index contributed by atoms with van der Waals surface area (Å²) in [6.07, 6.45) is 1.74. The third kappa shape index (κ3) is 1.67. The Bertz CT molecular complexity index is 847. The molecule has 0 fully saturated rings. The molecule has 98 valence electrons. The van der Waals surface area contributed by atoms with Crippen molar-refractivity contribution in [2.75, 3.05) is 19.1 Å². The van der Waals surface area contributed by atoms with E-state index < -0.39 is 0 Å². The predicted molar refractivity (Wildman–Crippen MR) is 80.2 cm³/mol. The number of halogens is 1. The number of nitrogens with zero attached hydrogens (tertiary/aromatic N) is 4. The van der Waals surface area contributed by atoms with E-state index in [1.165, 1.54) is 0 Å². The van der Waals surface area contributed by atoms with E-state index >= 15 is 0 Å². The van der Waals surface area contributed by atoms with Gasteiger partial charge in [0, 0.05) is 31.0 Å². The second kappa shape index (κ2) is 4.09. The third-order valence-electron chi connectivity index (χ3n) is 3.22. The second-order valence-corrected chi connectivity index (χ2v) is 5.57. The maximum absolute atomic E-state index is 12.3. The van der Waals surface area contributed by atoms with Crippen LogP contribution in [-0.2, 0) is 7.05 Å². The van der Waals surface area contributed by atoms with E-state index in [1.807, 2.05) is 32.3 Å². The molecular weight excluding hydrogens is 308 g/mol. The van der Waals surface area contributed by atoms with Crippen molar-refractivity contribution in [1.82, 2.24) is 14.2 Å². The number of hydrogen-bond acceptors (Lipinski definition) is 3. The van der Waals surface area contributed by atoms with Gasteiger partial charge in [-0.2, -0.15) is 0 Å². The van der Waals surface area contributed by atoms with Gasteiger partial charge in [-0.25, -0.2) is 9.47 Å². The standard InChI is InChI=1S/C13H13BrN4O/c1-16(2)18-12-9-6-8(14)4-5-10(9)15-7-11(12)17(3)13(18)19/h4-7H,1-3H3. The lowest BCUT2D eigenvalue weighted by Crippen LogP contribution is -2.36. The summed E-state index contributed by atoms with van der Waals surface area (Å²) in [5.41, 5.74) is 2.50. The SMILES string of the molecule is CN(C)n1c(=O)n(C)c2cnc3ccc(Br)cc3c21. The largest absolute Gasteiger partial charge is 0.347 e. The maximum Gasteiger partial charge on any atom is 0.347 e. The average molecular weight is 321 g/mol. The number of pyridine rings is 1. The Morgan fingerprint density at radius 1 is 1.32 bits per heavy atom. The van der Waals surface area contributed by atoms with Crippen LogP contribution in [0.15, 0.2) is 33.7 Å². The highest BCUT2D eigenvalue weighted by atomic mass is 79.9. The van der Waals surface area contributed by atoms with Crippen molar-refractivity contribution >= 4 is 37.9 Å². The van der Waals surface area contributed by atoms with Crippen LogP contribution < -0.4 is 10.7 Å². The van der Waals surface area contributed by atoms with Crippen molar-refractivity contribution in [1.29, 1.82) is 0 Å². The van der Waals surface area contributed by atoms with Gasteiger partial charge in [-0.1, -0.05) is 15.9 Å². The number of aromatic nitrogens is 3. The van der Waals surface area contributed by atoms with Gasteiger partial charge in [0.15, 0.2) is 0 Å². The molecule has 5 nitrogen and oxygen atoms in total. The topological polar surface area (TPSA) is 43.1 Å². The Labute approximate surface area is 118 Å². The van der Waals surface area contributed by atoms with E-state index in [-0.39, 0.29) is 5.69 Å². The number of fused-ring (bicyclic) bond motifs is 3. The molecule has 0 radical (unpaired) electrons. The van der Waals surface area contributed by atoms with Crippen LogP contribution in [0.5, 0.6) is 0 Å². The molecule has 6 heteroatoms. The molecule has 0 bridgehead atoms. The van der Waals surface area contributed by atoms with Crippen molar-refractivity contribution in [2.24, 2.45) is 7.05 Å². The molecule has 0 saturated heterocycles.